The van der Waals surface area contributed by atoms with E-state index in [1.807, 2.05) is 31.7 Å². The Morgan fingerprint density at radius 2 is 1.97 bits per heavy atom. The van der Waals surface area contributed by atoms with Crippen molar-refractivity contribution in [2.45, 2.75) is 57.8 Å². The van der Waals surface area contributed by atoms with E-state index in [4.69, 9.17) is 9.47 Å². The van der Waals surface area contributed by atoms with Crippen molar-refractivity contribution in [2.75, 3.05) is 18.0 Å². The van der Waals surface area contributed by atoms with Gasteiger partial charge in [0.15, 0.2) is 5.65 Å². The summed E-state index contributed by atoms with van der Waals surface area (Å²) in [4.78, 5) is 30.0. The normalized spacial score (nSPS) is 22.9. The lowest BCUT2D eigenvalue weighted by Crippen LogP contribution is -2.44. The maximum absolute atomic E-state index is 13.4. The highest BCUT2D eigenvalue weighted by Gasteiger charge is 2.47. The summed E-state index contributed by atoms with van der Waals surface area (Å²) in [6.45, 7) is 6.76. The Kier molecular flexibility index (Phi) is 5.27. The summed E-state index contributed by atoms with van der Waals surface area (Å²) in [5.41, 5.74) is 2.89. The molecule has 0 amide bonds. The third kappa shape index (κ3) is 4.39. The van der Waals surface area contributed by atoms with Crippen molar-refractivity contribution in [3.05, 3.63) is 51.6 Å². The Bertz CT molecular complexity index is 1240. The molecule has 1 aliphatic heterocycles. The SMILES string of the molecule is Cc1cc2c(OC3CC(F)(F)C3)nc(N3C[C@@H](C)O[C@@H](c4ccc(=O)[nH]c4)C3)nc2nc1C. The molecule has 0 radical (unpaired) electrons. The predicted octanol–water partition coefficient (Wildman–Crippen LogP) is 3.47. The van der Waals surface area contributed by atoms with Crippen LogP contribution in [0.4, 0.5) is 14.7 Å². The Morgan fingerprint density at radius 1 is 1.18 bits per heavy atom. The molecular formula is C23H25F2N5O3. The second-order valence-electron chi connectivity index (χ2n) is 8.92. The van der Waals surface area contributed by atoms with Gasteiger partial charge in [-0.3, -0.25) is 4.79 Å². The molecular weight excluding hydrogens is 432 g/mol. The summed E-state index contributed by atoms with van der Waals surface area (Å²) in [6.07, 6.45) is -0.0253. The average Bonchev–Trinajstić information content (AvgIpc) is 2.73. The average molecular weight is 457 g/mol. The van der Waals surface area contributed by atoms with Crippen molar-refractivity contribution in [1.82, 2.24) is 19.9 Å². The van der Waals surface area contributed by atoms with E-state index in [1.54, 1.807) is 12.3 Å². The monoisotopic (exact) mass is 457 g/mol. The number of rotatable bonds is 4. The van der Waals surface area contributed by atoms with Crippen LogP contribution in [0.3, 0.4) is 0 Å². The van der Waals surface area contributed by atoms with Gasteiger partial charge >= 0.3 is 0 Å². The molecule has 174 valence electrons. The number of pyridine rings is 2. The van der Waals surface area contributed by atoms with Crippen molar-refractivity contribution >= 4 is 17.0 Å². The molecule has 1 N–H and O–H groups in total. The number of hydrogen-bond acceptors (Lipinski definition) is 7. The molecule has 2 aliphatic rings. The number of nitrogens with zero attached hydrogens (tertiary/aromatic N) is 4. The summed E-state index contributed by atoms with van der Waals surface area (Å²) in [6, 6.07) is 5.09. The Hall–Kier alpha value is -3.14. The molecule has 0 unspecified atom stereocenters. The molecule has 5 rings (SSSR count). The lowest BCUT2D eigenvalue weighted by atomic mass is 9.91. The van der Waals surface area contributed by atoms with Crippen LogP contribution < -0.4 is 15.2 Å². The third-order valence-corrected chi connectivity index (χ3v) is 6.14. The fraction of sp³-hybridized carbons (Fsp3) is 0.478. The summed E-state index contributed by atoms with van der Waals surface area (Å²) in [5.74, 6) is -2.01. The minimum absolute atomic E-state index is 0.127. The van der Waals surface area contributed by atoms with Gasteiger partial charge in [0.2, 0.25) is 17.4 Å². The highest BCUT2D eigenvalue weighted by atomic mass is 19.3. The second-order valence-corrected chi connectivity index (χ2v) is 8.92. The van der Waals surface area contributed by atoms with Crippen LogP contribution in [0.2, 0.25) is 0 Å². The molecule has 2 atom stereocenters. The summed E-state index contributed by atoms with van der Waals surface area (Å²) >= 11 is 0. The molecule has 0 bridgehead atoms. The van der Waals surface area contributed by atoms with Crippen LogP contribution in [-0.4, -0.2) is 51.2 Å². The standard InChI is InChI=1S/C23H25F2N5O3/c1-12-6-17-20(27-14(12)3)28-22(29-21(17)33-16-7-23(24,25)8-16)30-10-13(2)32-18(11-30)15-4-5-19(31)26-9-15/h4-6,9,13,16,18H,7-8,10-11H2,1-3H3,(H,26,31)/t13-,18-/m1/s1. The molecule has 10 heteroatoms. The number of aryl methyl sites for hydroxylation is 2. The largest absolute Gasteiger partial charge is 0.473 e. The predicted molar refractivity (Wildman–Crippen MR) is 118 cm³/mol. The zero-order valence-electron chi connectivity index (χ0n) is 18.6. The molecule has 1 saturated heterocycles. The van der Waals surface area contributed by atoms with Gasteiger partial charge in [-0.05, 0) is 44.0 Å². The van der Waals surface area contributed by atoms with E-state index in [2.05, 4.69) is 19.9 Å². The van der Waals surface area contributed by atoms with E-state index >= 15 is 0 Å². The lowest BCUT2D eigenvalue weighted by Gasteiger charge is -2.37. The van der Waals surface area contributed by atoms with Crippen molar-refractivity contribution < 1.29 is 18.3 Å². The molecule has 1 saturated carbocycles. The topological polar surface area (TPSA) is 93.2 Å². The Morgan fingerprint density at radius 3 is 2.67 bits per heavy atom. The highest BCUT2D eigenvalue weighted by molar-refractivity contribution is 5.82. The number of nitrogens with one attached hydrogen (secondary N) is 1. The number of hydrogen-bond donors (Lipinski definition) is 1. The van der Waals surface area contributed by atoms with E-state index in [-0.39, 0.29) is 36.5 Å². The number of ether oxygens (including phenoxy) is 2. The van der Waals surface area contributed by atoms with E-state index in [1.165, 1.54) is 6.07 Å². The Balaban J connectivity index is 1.50. The first-order chi connectivity index (χ1) is 15.7. The van der Waals surface area contributed by atoms with Gasteiger partial charge < -0.3 is 19.4 Å². The molecule has 0 spiro atoms. The fourth-order valence-corrected chi connectivity index (χ4v) is 4.21. The number of anilines is 1. The van der Waals surface area contributed by atoms with Crippen molar-refractivity contribution in [2.24, 2.45) is 0 Å². The first-order valence-electron chi connectivity index (χ1n) is 11.0. The van der Waals surface area contributed by atoms with Gasteiger partial charge in [0.25, 0.3) is 5.92 Å². The first kappa shape index (κ1) is 21.7. The van der Waals surface area contributed by atoms with E-state index in [0.717, 1.165) is 16.8 Å². The quantitative estimate of drug-likeness (QED) is 0.641. The summed E-state index contributed by atoms with van der Waals surface area (Å²) in [5, 5.41) is 0.607. The lowest BCUT2D eigenvalue weighted by molar-refractivity contribution is -0.135. The van der Waals surface area contributed by atoms with Gasteiger partial charge in [-0.15, -0.1) is 0 Å². The van der Waals surface area contributed by atoms with Crippen molar-refractivity contribution in [3.63, 3.8) is 0 Å². The number of H-pyrrole nitrogens is 1. The van der Waals surface area contributed by atoms with E-state index < -0.39 is 12.0 Å². The molecule has 33 heavy (non-hydrogen) atoms. The van der Waals surface area contributed by atoms with Gasteiger partial charge in [-0.1, -0.05) is 0 Å². The van der Waals surface area contributed by atoms with Crippen LogP contribution in [-0.2, 0) is 4.74 Å². The first-order valence-corrected chi connectivity index (χ1v) is 11.0. The van der Waals surface area contributed by atoms with E-state index in [9.17, 15) is 13.6 Å². The minimum atomic E-state index is -2.69. The maximum atomic E-state index is 13.4. The van der Waals surface area contributed by atoms with Crippen LogP contribution in [0.5, 0.6) is 5.88 Å². The number of aromatic amines is 1. The fourth-order valence-electron chi connectivity index (χ4n) is 4.21. The van der Waals surface area contributed by atoms with Crippen molar-refractivity contribution in [3.8, 4) is 5.88 Å². The van der Waals surface area contributed by atoms with Crippen LogP contribution in [0.25, 0.3) is 11.0 Å². The van der Waals surface area contributed by atoms with Gasteiger partial charge in [0.05, 0.1) is 18.0 Å². The molecule has 0 aromatic carbocycles. The highest BCUT2D eigenvalue weighted by Crippen LogP contribution is 2.41. The molecule has 8 nitrogen and oxygen atoms in total. The zero-order chi connectivity index (χ0) is 23.3. The second kappa shape index (κ2) is 8.02. The molecule has 3 aromatic rings. The van der Waals surface area contributed by atoms with Crippen molar-refractivity contribution in [1.29, 1.82) is 0 Å². The zero-order valence-corrected chi connectivity index (χ0v) is 18.6. The molecule has 3 aromatic heterocycles. The van der Waals surface area contributed by atoms with E-state index in [0.29, 0.717) is 30.1 Å². The van der Waals surface area contributed by atoms with Gasteiger partial charge in [-0.2, -0.15) is 9.97 Å². The summed E-state index contributed by atoms with van der Waals surface area (Å²) < 4.78 is 38.8. The molecule has 1 aliphatic carbocycles. The smallest absolute Gasteiger partial charge is 0.255 e. The summed E-state index contributed by atoms with van der Waals surface area (Å²) in [7, 11) is 0. The third-order valence-electron chi connectivity index (χ3n) is 6.14. The number of fused-ring (bicyclic) bond motifs is 1. The van der Waals surface area contributed by atoms with Gasteiger partial charge in [0, 0.05) is 37.3 Å². The molecule has 4 heterocycles. The van der Waals surface area contributed by atoms with Gasteiger partial charge in [0.1, 0.15) is 12.2 Å². The number of halogens is 2. The number of aromatic nitrogens is 4. The van der Waals surface area contributed by atoms with Crippen LogP contribution in [0, 0.1) is 13.8 Å². The Labute approximate surface area is 189 Å². The molecule has 2 fully saturated rings. The van der Waals surface area contributed by atoms with Gasteiger partial charge in [-0.25, -0.2) is 13.8 Å². The minimum Gasteiger partial charge on any atom is -0.473 e. The maximum Gasteiger partial charge on any atom is 0.255 e. The van der Waals surface area contributed by atoms with Crippen LogP contribution >= 0.6 is 0 Å². The van der Waals surface area contributed by atoms with Crippen LogP contribution in [0.15, 0.2) is 29.2 Å². The number of alkyl halides is 2. The number of morpholine rings is 1. The van der Waals surface area contributed by atoms with Crippen LogP contribution in [0.1, 0.15) is 42.7 Å².